The molecule has 2 saturated carbocycles. The second-order valence-electron chi connectivity index (χ2n) is 9.49. The number of benzene rings is 1. The zero-order valence-corrected chi connectivity index (χ0v) is 19.3. The molecule has 0 aromatic heterocycles. The molecule has 0 bridgehead atoms. The van der Waals surface area contributed by atoms with E-state index in [1.807, 2.05) is 0 Å². The molecule has 1 aromatic carbocycles. The molecule has 3 aliphatic rings. The third-order valence-corrected chi connectivity index (χ3v) is 9.13. The zero-order valence-electron chi connectivity index (χ0n) is 18.5. The smallest absolute Gasteiger partial charge is 0.383 e. The maximum absolute atomic E-state index is 13.4. The summed E-state index contributed by atoms with van der Waals surface area (Å²) in [5.74, 6) is -0.313. The van der Waals surface area contributed by atoms with E-state index in [9.17, 15) is 31.5 Å². The van der Waals surface area contributed by atoms with Crippen LogP contribution in [0.2, 0.25) is 0 Å². The van der Waals surface area contributed by atoms with Crippen LogP contribution in [0.5, 0.6) is 0 Å². The Hall–Kier alpha value is -1.65. The molecule has 0 spiro atoms. The molecule has 0 radical (unpaired) electrons. The van der Waals surface area contributed by atoms with Gasteiger partial charge in [-0.15, -0.1) is 0 Å². The lowest BCUT2D eigenvalue weighted by molar-refractivity contribution is -0.145. The van der Waals surface area contributed by atoms with E-state index in [1.165, 1.54) is 10.4 Å². The number of aliphatic hydroxyl groups is 1. The molecule has 1 N–H and O–H groups in total. The molecule has 1 aliphatic heterocycles. The van der Waals surface area contributed by atoms with Gasteiger partial charge in [-0.2, -0.15) is 17.5 Å². The van der Waals surface area contributed by atoms with Crippen LogP contribution in [0.25, 0.3) is 0 Å². The molecule has 1 amide bonds. The van der Waals surface area contributed by atoms with Crippen molar-refractivity contribution in [3.05, 3.63) is 29.8 Å². The minimum Gasteiger partial charge on any atom is -0.383 e. The summed E-state index contributed by atoms with van der Waals surface area (Å²) in [6.45, 7) is 0.656. The van der Waals surface area contributed by atoms with Gasteiger partial charge in [0.2, 0.25) is 10.0 Å². The van der Waals surface area contributed by atoms with Crippen molar-refractivity contribution in [1.29, 1.82) is 0 Å². The first-order valence-electron chi connectivity index (χ1n) is 11.8. The van der Waals surface area contributed by atoms with E-state index in [0.717, 1.165) is 44.2 Å². The number of rotatable bonds is 6. The van der Waals surface area contributed by atoms with Crippen LogP contribution in [0.3, 0.4) is 0 Å². The molecule has 6 nitrogen and oxygen atoms in total. The van der Waals surface area contributed by atoms with Crippen LogP contribution in [0.15, 0.2) is 29.2 Å². The molecule has 10 heteroatoms. The summed E-state index contributed by atoms with van der Waals surface area (Å²) in [5, 5.41) is 10.5. The highest BCUT2D eigenvalue weighted by molar-refractivity contribution is 7.89. The predicted octanol–water partition coefficient (Wildman–Crippen LogP) is 3.79. The fourth-order valence-corrected chi connectivity index (χ4v) is 7.13. The van der Waals surface area contributed by atoms with Crippen molar-refractivity contribution in [1.82, 2.24) is 9.21 Å². The number of piperidine rings is 1. The first-order chi connectivity index (χ1) is 15.6. The summed E-state index contributed by atoms with van der Waals surface area (Å²) in [6.07, 6.45) is 1.35. The molecule has 1 saturated heterocycles. The van der Waals surface area contributed by atoms with Gasteiger partial charge in [-0.25, -0.2) is 8.42 Å². The van der Waals surface area contributed by atoms with Crippen LogP contribution in [-0.2, 0) is 21.0 Å². The second-order valence-corrected chi connectivity index (χ2v) is 11.3. The first-order valence-corrected chi connectivity index (χ1v) is 13.2. The number of nitrogens with zero attached hydrogens (tertiary/aromatic N) is 2. The summed E-state index contributed by atoms with van der Waals surface area (Å²) in [4.78, 5) is 14.1. The van der Waals surface area contributed by atoms with Crippen molar-refractivity contribution in [2.45, 2.75) is 87.0 Å². The van der Waals surface area contributed by atoms with E-state index in [4.69, 9.17) is 0 Å². The van der Waals surface area contributed by atoms with Crippen molar-refractivity contribution in [3.63, 3.8) is 0 Å². The Morgan fingerprint density at radius 2 is 1.61 bits per heavy atom. The van der Waals surface area contributed by atoms with Gasteiger partial charge in [0.25, 0.3) is 5.91 Å². The van der Waals surface area contributed by atoms with Crippen LogP contribution in [-0.4, -0.2) is 59.9 Å². The number of aliphatic hydroxyl groups excluding tert-OH is 1. The number of amides is 1. The van der Waals surface area contributed by atoms with Crippen molar-refractivity contribution >= 4 is 15.9 Å². The minimum atomic E-state index is -4.62. The number of halogens is 3. The average Bonchev–Trinajstić information content (AvgIpc) is 3.63. The van der Waals surface area contributed by atoms with Gasteiger partial charge in [0.15, 0.2) is 0 Å². The Bertz CT molecular complexity index is 951. The maximum Gasteiger partial charge on any atom is 0.416 e. The lowest BCUT2D eigenvalue weighted by Crippen LogP contribution is -2.52. The van der Waals surface area contributed by atoms with Crippen LogP contribution in [0.4, 0.5) is 13.2 Å². The second kappa shape index (κ2) is 9.54. The Morgan fingerprint density at radius 3 is 2.18 bits per heavy atom. The Morgan fingerprint density at radius 1 is 1.00 bits per heavy atom. The first kappa shape index (κ1) is 24.5. The quantitative estimate of drug-likeness (QED) is 0.661. The zero-order chi connectivity index (χ0) is 23.8. The number of sulfonamides is 1. The van der Waals surface area contributed by atoms with Crippen LogP contribution in [0, 0.1) is 5.92 Å². The highest BCUT2D eigenvalue weighted by Crippen LogP contribution is 2.38. The molecule has 33 heavy (non-hydrogen) atoms. The highest BCUT2D eigenvalue weighted by atomic mass is 32.2. The number of hydrogen-bond acceptors (Lipinski definition) is 4. The van der Waals surface area contributed by atoms with Crippen LogP contribution in [0.1, 0.15) is 63.4 Å². The standard InChI is InChI=1S/C23H31F3N2O4S/c24-23(25,26)17-7-4-8-20(15-17)33(31,32)28(18-9-10-18)19-11-13-27(14-12-19)22(30)21(29)16-5-2-1-3-6-16/h4,7-8,15-16,18-19,21,29H,1-3,5-6,9-14H2/t21-/m1/s1. The summed E-state index contributed by atoms with van der Waals surface area (Å²) in [7, 11) is -4.11. The largest absolute Gasteiger partial charge is 0.416 e. The molecule has 1 atom stereocenters. The number of hydrogen-bond donors (Lipinski definition) is 1. The lowest BCUT2D eigenvalue weighted by Gasteiger charge is -2.39. The fourth-order valence-electron chi connectivity index (χ4n) is 5.15. The Balaban J connectivity index is 1.45. The maximum atomic E-state index is 13.4. The van der Waals surface area contributed by atoms with Crippen molar-refractivity contribution in [2.75, 3.05) is 13.1 Å². The monoisotopic (exact) mass is 488 g/mol. The van der Waals surface area contributed by atoms with E-state index >= 15 is 0 Å². The number of alkyl halides is 3. The third kappa shape index (κ3) is 5.38. The van der Waals surface area contributed by atoms with E-state index in [1.54, 1.807) is 4.90 Å². The number of likely N-dealkylation sites (tertiary alicyclic amines) is 1. The SMILES string of the molecule is O=C([C@H](O)C1CCCCC1)N1CCC(N(C2CC2)S(=O)(=O)c2cccc(C(F)(F)F)c2)CC1. The van der Waals surface area contributed by atoms with Gasteiger partial charge in [-0.3, -0.25) is 4.79 Å². The number of carbonyl (C=O) groups excluding carboxylic acids is 1. The normalized spacial score (nSPS) is 22.5. The van der Waals surface area contributed by atoms with Crippen LogP contribution >= 0.6 is 0 Å². The molecule has 184 valence electrons. The van der Waals surface area contributed by atoms with E-state index in [-0.39, 0.29) is 28.8 Å². The molecule has 3 fully saturated rings. The van der Waals surface area contributed by atoms with Gasteiger partial charge in [-0.1, -0.05) is 25.3 Å². The Labute approximate surface area is 192 Å². The topological polar surface area (TPSA) is 77.9 Å². The summed E-state index contributed by atoms with van der Waals surface area (Å²) >= 11 is 0. The number of carbonyl (C=O) groups is 1. The minimum absolute atomic E-state index is 0.0202. The van der Waals surface area contributed by atoms with Crippen LogP contribution < -0.4 is 0 Å². The highest BCUT2D eigenvalue weighted by Gasteiger charge is 2.45. The molecule has 1 heterocycles. The molecular formula is C23H31F3N2O4S. The Kier molecular flexibility index (Phi) is 7.08. The van der Waals surface area contributed by atoms with Crippen molar-refractivity contribution in [3.8, 4) is 0 Å². The van der Waals surface area contributed by atoms with Gasteiger partial charge >= 0.3 is 6.18 Å². The summed E-state index contributed by atoms with van der Waals surface area (Å²) < 4.78 is 67.5. The van der Waals surface area contributed by atoms with E-state index in [0.29, 0.717) is 44.8 Å². The van der Waals surface area contributed by atoms with Gasteiger partial charge < -0.3 is 10.0 Å². The molecule has 0 unspecified atom stereocenters. The average molecular weight is 489 g/mol. The third-order valence-electron chi connectivity index (χ3n) is 7.13. The summed E-state index contributed by atoms with van der Waals surface area (Å²) in [5.41, 5.74) is -0.989. The predicted molar refractivity (Wildman–Crippen MR) is 116 cm³/mol. The van der Waals surface area contributed by atoms with Gasteiger partial charge in [0.05, 0.1) is 10.5 Å². The molecule has 4 rings (SSSR count). The van der Waals surface area contributed by atoms with E-state index in [2.05, 4.69) is 0 Å². The molecule has 2 aliphatic carbocycles. The fraction of sp³-hybridized carbons (Fsp3) is 0.696. The molecular weight excluding hydrogens is 457 g/mol. The lowest BCUT2D eigenvalue weighted by atomic mass is 9.84. The summed E-state index contributed by atoms with van der Waals surface area (Å²) in [6, 6.07) is 3.29. The van der Waals surface area contributed by atoms with Gasteiger partial charge in [0, 0.05) is 25.2 Å². The van der Waals surface area contributed by atoms with Gasteiger partial charge in [-0.05, 0) is 62.6 Å². The van der Waals surface area contributed by atoms with Gasteiger partial charge in [0.1, 0.15) is 6.10 Å². The van der Waals surface area contributed by atoms with Crippen molar-refractivity contribution < 1.29 is 31.5 Å². The molecule has 1 aromatic rings. The van der Waals surface area contributed by atoms with E-state index < -0.39 is 27.9 Å². The van der Waals surface area contributed by atoms with Crippen molar-refractivity contribution in [2.24, 2.45) is 5.92 Å².